The van der Waals surface area contributed by atoms with Crippen LogP contribution in [-0.2, 0) is 30.1 Å². The molecule has 0 radical (unpaired) electrons. The van der Waals surface area contributed by atoms with Gasteiger partial charge < -0.3 is 18.9 Å². The van der Waals surface area contributed by atoms with Crippen molar-refractivity contribution >= 4 is 91.0 Å². The summed E-state index contributed by atoms with van der Waals surface area (Å²) in [6.45, 7) is 10.3. The van der Waals surface area contributed by atoms with Gasteiger partial charge in [-0.05, 0) is 90.1 Å². The predicted octanol–water partition coefficient (Wildman–Crippen LogP) is 9.46. The van der Waals surface area contributed by atoms with Crippen molar-refractivity contribution in [3.8, 4) is 23.0 Å². The number of nitrogens with zero attached hydrogens (tertiary/aromatic N) is 6. The molecule has 336 valence electrons. The number of ether oxygens (including phenoxy) is 4. The highest BCUT2D eigenvalue weighted by Crippen LogP contribution is 2.55. The Morgan fingerprint density at radius 3 is 1.38 bits per heavy atom. The van der Waals surface area contributed by atoms with Crippen molar-refractivity contribution in [1.29, 1.82) is 0 Å². The van der Waals surface area contributed by atoms with E-state index in [1.807, 2.05) is 0 Å². The Morgan fingerprint density at radius 2 is 1.03 bits per heavy atom. The zero-order chi connectivity index (χ0) is 46.8. The number of aliphatic imine (C=N–C) groups is 2. The van der Waals surface area contributed by atoms with Crippen molar-refractivity contribution in [3.05, 3.63) is 102 Å². The summed E-state index contributed by atoms with van der Waals surface area (Å²) in [6.07, 6.45) is -1.87. The van der Waals surface area contributed by atoms with Crippen LogP contribution in [-0.4, -0.2) is 81.0 Å². The summed E-state index contributed by atoms with van der Waals surface area (Å²) in [5.74, 6) is -2.43. The summed E-state index contributed by atoms with van der Waals surface area (Å²) in [6, 6.07) is 13.0. The van der Waals surface area contributed by atoms with Crippen LogP contribution in [0.2, 0.25) is 10.3 Å². The summed E-state index contributed by atoms with van der Waals surface area (Å²) < 4.78 is 53.0. The summed E-state index contributed by atoms with van der Waals surface area (Å²) in [5, 5.41) is 4.82. The van der Waals surface area contributed by atoms with E-state index in [2.05, 4.69) is 52.5 Å². The number of hydrogen-bond acceptors (Lipinski definition) is 12. The minimum Gasteiger partial charge on any atom is -0.452 e. The number of carbonyl (C=O) groups is 4. The van der Waals surface area contributed by atoms with E-state index in [1.54, 1.807) is 77.9 Å². The second-order valence-electron chi connectivity index (χ2n) is 16.8. The summed E-state index contributed by atoms with van der Waals surface area (Å²) in [5.41, 5.74) is -2.87. The molecule has 0 bridgehead atoms. The monoisotopic (exact) mass is 1050 g/mol. The molecule has 2 aromatic heterocycles. The molecule has 2 atom stereocenters. The fourth-order valence-electron chi connectivity index (χ4n) is 7.23. The Balaban J connectivity index is 0.000000191. The fraction of sp³-hybridized carbons (Fsp3) is 0.333. The second-order valence-corrected chi connectivity index (χ2v) is 19.4. The third kappa shape index (κ3) is 9.09. The number of carbonyl (C=O) groups excluding carboxylic acids is 4. The molecule has 8 rings (SSSR count). The molecule has 0 saturated heterocycles. The standard InChI is InChI=1S/2C21H19BrClFN4O4/c2*1-20(2,3)32-19(30)26-18-27-21(9-15(29)28(18)4)11-7-10(22)5-6-13(11)31-16-12(21)8-14(23)25-17(16)24/h2*5-8H,9H2,1-4H3,(H,26,27,30)/t2*21-/m10/s1. The summed E-state index contributed by atoms with van der Waals surface area (Å²) in [7, 11) is 2.96. The number of rotatable bonds is 0. The molecule has 6 heterocycles. The lowest BCUT2D eigenvalue weighted by Gasteiger charge is -2.41. The van der Waals surface area contributed by atoms with Crippen LogP contribution in [0.3, 0.4) is 0 Å². The van der Waals surface area contributed by atoms with Gasteiger partial charge >= 0.3 is 12.2 Å². The van der Waals surface area contributed by atoms with Gasteiger partial charge in [0.05, 0.1) is 12.8 Å². The molecule has 22 heteroatoms. The number of halogens is 6. The summed E-state index contributed by atoms with van der Waals surface area (Å²) >= 11 is 18.9. The van der Waals surface area contributed by atoms with Gasteiger partial charge in [0.1, 0.15) is 44.1 Å². The van der Waals surface area contributed by atoms with Crippen molar-refractivity contribution < 1.29 is 46.9 Å². The Bertz CT molecular complexity index is 2550. The molecular weight excluding hydrogens is 1010 g/mol. The van der Waals surface area contributed by atoms with Crippen LogP contribution in [0.1, 0.15) is 76.6 Å². The number of aromatic nitrogens is 2. The van der Waals surface area contributed by atoms with Crippen LogP contribution >= 0.6 is 55.1 Å². The number of guanidine groups is 2. The van der Waals surface area contributed by atoms with Crippen molar-refractivity contribution in [3.63, 3.8) is 0 Å². The lowest BCUT2D eigenvalue weighted by atomic mass is 9.77. The average Bonchev–Trinajstić information content (AvgIpc) is 3.16. The van der Waals surface area contributed by atoms with Gasteiger partial charge in [-0.1, -0.05) is 55.1 Å². The Kier molecular flexibility index (Phi) is 12.3. The highest BCUT2D eigenvalue weighted by Gasteiger charge is 2.51. The fourth-order valence-corrected chi connectivity index (χ4v) is 8.32. The smallest absolute Gasteiger partial charge is 0.414 e. The van der Waals surface area contributed by atoms with E-state index in [4.69, 9.17) is 52.1 Å². The van der Waals surface area contributed by atoms with Crippen molar-refractivity contribution in [2.45, 2.75) is 76.7 Å². The third-order valence-electron chi connectivity index (χ3n) is 9.91. The molecule has 2 aromatic carbocycles. The van der Waals surface area contributed by atoms with E-state index in [9.17, 15) is 28.0 Å². The molecule has 4 amide bonds. The maximum Gasteiger partial charge on any atom is 0.414 e. The van der Waals surface area contributed by atoms with Gasteiger partial charge in [-0.15, -0.1) is 0 Å². The zero-order valence-electron chi connectivity index (χ0n) is 35.3. The van der Waals surface area contributed by atoms with Gasteiger partial charge in [-0.3, -0.25) is 30.0 Å². The molecule has 4 aliphatic rings. The third-order valence-corrected chi connectivity index (χ3v) is 11.3. The van der Waals surface area contributed by atoms with Crippen LogP contribution in [0.25, 0.3) is 0 Å². The Labute approximate surface area is 392 Å². The van der Waals surface area contributed by atoms with Crippen LogP contribution in [0.5, 0.6) is 23.0 Å². The van der Waals surface area contributed by atoms with Crippen LogP contribution in [0, 0.1) is 11.9 Å². The number of hydrogen-bond donors (Lipinski definition) is 2. The van der Waals surface area contributed by atoms with Gasteiger partial charge in [-0.25, -0.2) is 29.5 Å². The zero-order valence-corrected chi connectivity index (χ0v) is 39.9. The number of nitrogens with one attached hydrogen (secondary N) is 2. The Hall–Kier alpha value is -5.44. The molecule has 64 heavy (non-hydrogen) atoms. The number of amides is 4. The number of alkyl carbamates (subject to hydrolysis) is 2. The first kappa shape index (κ1) is 46.5. The molecule has 0 fully saturated rings. The van der Waals surface area contributed by atoms with E-state index < -0.39 is 46.4 Å². The minimum atomic E-state index is -1.41. The topological polar surface area (TPSA) is 186 Å². The molecule has 0 unspecified atom stereocenters. The number of fused-ring (bicyclic) bond motifs is 8. The normalized spacial score (nSPS) is 19.7. The van der Waals surface area contributed by atoms with E-state index in [-0.39, 0.29) is 69.5 Å². The van der Waals surface area contributed by atoms with Gasteiger partial charge in [0.25, 0.3) is 11.9 Å². The number of pyridine rings is 2. The molecular formula is C42H38Br2Cl2F2N8O8. The molecule has 16 nitrogen and oxygen atoms in total. The van der Waals surface area contributed by atoms with E-state index >= 15 is 0 Å². The van der Waals surface area contributed by atoms with Crippen molar-refractivity contribution in [2.75, 3.05) is 14.1 Å². The summed E-state index contributed by atoms with van der Waals surface area (Å²) in [4.78, 5) is 70.2. The second kappa shape index (κ2) is 16.8. The minimum absolute atomic E-state index is 0.0531. The van der Waals surface area contributed by atoms with Gasteiger partial charge in [0.2, 0.25) is 23.7 Å². The lowest BCUT2D eigenvalue weighted by Crippen LogP contribution is -2.53. The van der Waals surface area contributed by atoms with Gasteiger partial charge in [0.15, 0.2) is 11.5 Å². The first-order valence-electron chi connectivity index (χ1n) is 19.2. The molecule has 4 aromatic rings. The van der Waals surface area contributed by atoms with Gasteiger partial charge in [-0.2, -0.15) is 8.78 Å². The number of benzene rings is 2. The van der Waals surface area contributed by atoms with E-state index in [1.165, 1.54) is 36.0 Å². The molecule has 0 saturated carbocycles. The van der Waals surface area contributed by atoms with Gasteiger partial charge in [0, 0.05) is 45.3 Å². The predicted molar refractivity (Wildman–Crippen MR) is 237 cm³/mol. The molecule has 2 N–H and O–H groups in total. The molecule has 2 spiro atoms. The van der Waals surface area contributed by atoms with Crippen LogP contribution in [0.4, 0.5) is 18.4 Å². The highest BCUT2D eigenvalue weighted by molar-refractivity contribution is 9.10. The first-order valence-corrected chi connectivity index (χ1v) is 21.5. The quantitative estimate of drug-likeness (QED) is 0.161. The average molecular weight is 1050 g/mol. The molecule has 0 aliphatic carbocycles. The SMILES string of the molecule is CN1C(=O)C[C@@]2(N=C1NC(=O)OC(C)(C)C)c1cc(Br)ccc1Oc1c2cc(Cl)nc1F.CN1C(=O)C[C@]2(N=C1NC(=O)OC(C)(C)C)c1cc(Br)ccc1Oc1c2cc(Cl)nc1F. The largest absolute Gasteiger partial charge is 0.452 e. The Morgan fingerprint density at radius 1 is 0.672 bits per heavy atom. The highest BCUT2D eigenvalue weighted by atomic mass is 79.9. The maximum atomic E-state index is 14.7. The molecule has 4 aliphatic heterocycles. The maximum absolute atomic E-state index is 14.7. The van der Waals surface area contributed by atoms with E-state index in [0.29, 0.717) is 31.6 Å². The van der Waals surface area contributed by atoms with Crippen molar-refractivity contribution in [2.24, 2.45) is 9.98 Å². The first-order chi connectivity index (χ1) is 29.8. The van der Waals surface area contributed by atoms with Crippen LogP contribution < -0.4 is 20.1 Å². The van der Waals surface area contributed by atoms with Crippen LogP contribution in [0.15, 0.2) is 67.5 Å². The van der Waals surface area contributed by atoms with E-state index in [0.717, 1.165) is 0 Å². The lowest BCUT2D eigenvalue weighted by molar-refractivity contribution is -0.129. The van der Waals surface area contributed by atoms with Crippen molar-refractivity contribution in [1.82, 2.24) is 30.4 Å².